The van der Waals surface area contributed by atoms with Crippen LogP contribution in [0.3, 0.4) is 0 Å². The van der Waals surface area contributed by atoms with Gasteiger partial charge in [-0.3, -0.25) is 4.98 Å². The summed E-state index contributed by atoms with van der Waals surface area (Å²) in [5.41, 5.74) is 9.07. The topological polar surface area (TPSA) is 50.8 Å². The van der Waals surface area contributed by atoms with Crippen molar-refractivity contribution in [3.63, 3.8) is 0 Å². The van der Waals surface area contributed by atoms with Gasteiger partial charge in [0.2, 0.25) is 0 Å². The summed E-state index contributed by atoms with van der Waals surface area (Å²) in [6.07, 6.45) is 7.99. The first-order chi connectivity index (χ1) is 13.2. The lowest BCUT2D eigenvalue weighted by Crippen LogP contribution is -2.07. The molecule has 3 aromatic heterocycles. The van der Waals surface area contributed by atoms with Gasteiger partial charge < -0.3 is 9.72 Å². The van der Waals surface area contributed by atoms with Crippen molar-refractivity contribution in [3.8, 4) is 28.0 Å². The number of benzene rings is 1. The number of pyridine rings is 2. The van der Waals surface area contributed by atoms with Gasteiger partial charge in [-0.15, -0.1) is 0 Å². The lowest BCUT2D eigenvalue weighted by molar-refractivity contribution is 0.288. The Balaban J connectivity index is 1.66. The van der Waals surface area contributed by atoms with Crippen LogP contribution in [-0.4, -0.2) is 21.6 Å². The molecule has 0 atom stereocenters. The van der Waals surface area contributed by atoms with Gasteiger partial charge in [0.15, 0.2) is 0 Å². The molecule has 0 amide bonds. The fourth-order valence-electron chi connectivity index (χ4n) is 4.04. The van der Waals surface area contributed by atoms with Gasteiger partial charge in [0, 0.05) is 46.4 Å². The number of aromatic nitrogens is 3. The zero-order valence-electron chi connectivity index (χ0n) is 15.5. The number of aryl methyl sites for hydroxylation is 3. The van der Waals surface area contributed by atoms with Gasteiger partial charge in [0.25, 0.3) is 0 Å². The van der Waals surface area contributed by atoms with Crippen LogP contribution >= 0.6 is 0 Å². The summed E-state index contributed by atoms with van der Waals surface area (Å²) in [7, 11) is 0. The third kappa shape index (κ3) is 2.69. The second-order valence-corrected chi connectivity index (χ2v) is 7.19. The van der Waals surface area contributed by atoms with Crippen LogP contribution in [0.4, 0.5) is 0 Å². The van der Waals surface area contributed by atoms with Crippen molar-refractivity contribution in [1.82, 2.24) is 15.0 Å². The first-order valence-corrected chi connectivity index (χ1v) is 9.36. The maximum Gasteiger partial charge on any atom is 0.137 e. The number of ether oxygens (including phenoxy) is 1. The summed E-state index contributed by atoms with van der Waals surface area (Å²) in [6, 6.07) is 10.8. The van der Waals surface area contributed by atoms with E-state index in [4.69, 9.17) is 4.74 Å². The third-order valence-corrected chi connectivity index (χ3v) is 5.39. The van der Waals surface area contributed by atoms with E-state index in [0.29, 0.717) is 0 Å². The van der Waals surface area contributed by atoms with Crippen molar-refractivity contribution in [2.24, 2.45) is 0 Å². The zero-order chi connectivity index (χ0) is 18.4. The molecule has 27 heavy (non-hydrogen) atoms. The molecule has 1 aliphatic rings. The van der Waals surface area contributed by atoms with Gasteiger partial charge in [-0.05, 0) is 67.6 Å². The molecule has 1 N–H and O–H groups in total. The van der Waals surface area contributed by atoms with Gasteiger partial charge in [0.05, 0.1) is 6.61 Å². The summed E-state index contributed by atoms with van der Waals surface area (Å²) in [4.78, 5) is 12.4. The highest BCUT2D eigenvalue weighted by Crippen LogP contribution is 2.35. The highest BCUT2D eigenvalue weighted by atomic mass is 16.5. The minimum absolute atomic E-state index is 0.816. The highest BCUT2D eigenvalue weighted by molar-refractivity contribution is 5.96. The number of hydrogen-bond donors (Lipinski definition) is 1. The highest BCUT2D eigenvalue weighted by Gasteiger charge is 2.15. The smallest absolute Gasteiger partial charge is 0.137 e. The normalized spacial score (nSPS) is 13.4. The van der Waals surface area contributed by atoms with Gasteiger partial charge >= 0.3 is 0 Å². The lowest BCUT2D eigenvalue weighted by Gasteiger charge is -2.17. The van der Waals surface area contributed by atoms with E-state index in [0.717, 1.165) is 53.1 Å². The number of H-pyrrole nitrogens is 1. The van der Waals surface area contributed by atoms with Crippen molar-refractivity contribution in [1.29, 1.82) is 0 Å². The van der Waals surface area contributed by atoms with E-state index < -0.39 is 0 Å². The van der Waals surface area contributed by atoms with E-state index in [1.807, 2.05) is 25.4 Å². The summed E-state index contributed by atoms with van der Waals surface area (Å²) in [5.74, 6) is 1.02. The Bertz CT molecular complexity index is 1140. The summed E-state index contributed by atoms with van der Waals surface area (Å²) >= 11 is 0. The molecule has 1 aromatic carbocycles. The molecule has 5 rings (SSSR count). The first kappa shape index (κ1) is 16.1. The minimum Gasteiger partial charge on any atom is -0.493 e. The first-order valence-electron chi connectivity index (χ1n) is 9.36. The van der Waals surface area contributed by atoms with Crippen molar-refractivity contribution >= 4 is 11.0 Å². The number of aromatic amines is 1. The quantitative estimate of drug-likeness (QED) is 0.535. The van der Waals surface area contributed by atoms with Crippen LogP contribution in [0.1, 0.15) is 23.2 Å². The zero-order valence-corrected chi connectivity index (χ0v) is 15.5. The number of rotatable bonds is 2. The summed E-state index contributed by atoms with van der Waals surface area (Å²) in [6.45, 7) is 4.99. The van der Waals surface area contributed by atoms with Crippen LogP contribution < -0.4 is 4.74 Å². The Morgan fingerprint density at radius 1 is 1.04 bits per heavy atom. The molecule has 4 aromatic rings. The van der Waals surface area contributed by atoms with E-state index in [9.17, 15) is 0 Å². The molecule has 134 valence electrons. The third-order valence-electron chi connectivity index (χ3n) is 5.39. The van der Waals surface area contributed by atoms with Gasteiger partial charge in [0.1, 0.15) is 11.4 Å². The number of nitrogens with one attached hydrogen (secondary N) is 1. The average Bonchev–Trinajstić information content (AvgIpc) is 3.11. The fourth-order valence-corrected chi connectivity index (χ4v) is 4.04. The Hall–Kier alpha value is -3.14. The second-order valence-electron chi connectivity index (χ2n) is 7.19. The predicted molar refractivity (Wildman–Crippen MR) is 108 cm³/mol. The van der Waals surface area contributed by atoms with Gasteiger partial charge in [-0.25, -0.2) is 4.98 Å². The predicted octanol–water partition coefficient (Wildman–Crippen LogP) is 5.23. The van der Waals surface area contributed by atoms with E-state index >= 15 is 0 Å². The molecule has 0 fully saturated rings. The molecule has 0 bridgehead atoms. The molecular weight excluding hydrogens is 334 g/mol. The molecule has 4 heteroatoms. The summed E-state index contributed by atoms with van der Waals surface area (Å²) in [5, 5.41) is 1.13. The summed E-state index contributed by atoms with van der Waals surface area (Å²) < 4.78 is 5.76. The van der Waals surface area contributed by atoms with Crippen LogP contribution in [-0.2, 0) is 6.42 Å². The number of fused-ring (bicyclic) bond motifs is 2. The van der Waals surface area contributed by atoms with Gasteiger partial charge in [-0.2, -0.15) is 0 Å². The Morgan fingerprint density at radius 3 is 2.85 bits per heavy atom. The lowest BCUT2D eigenvalue weighted by atomic mass is 9.97. The standard InChI is InChI=1S/C23H21N3O/c1-14-7-8-24-15(2)22(14)18-11-19-20(13-26-23(19)25-12-18)16-5-6-21-17(10-16)4-3-9-27-21/h5-8,10-13H,3-4,9H2,1-2H3,(H,25,26). The number of hydrogen-bond acceptors (Lipinski definition) is 3. The second kappa shape index (κ2) is 6.23. The Kier molecular flexibility index (Phi) is 3.71. The molecule has 0 aliphatic carbocycles. The van der Waals surface area contributed by atoms with Crippen molar-refractivity contribution in [3.05, 3.63) is 65.7 Å². The molecule has 0 radical (unpaired) electrons. The SMILES string of the molecule is Cc1ccnc(C)c1-c1cnc2[nH]cc(-c3ccc4c(c3)CCCO4)c2c1. The maximum absolute atomic E-state index is 5.76. The van der Waals surface area contributed by atoms with E-state index in [2.05, 4.69) is 52.3 Å². The fraction of sp³-hybridized carbons (Fsp3) is 0.217. The molecule has 4 heterocycles. The van der Waals surface area contributed by atoms with Crippen LogP contribution in [0.15, 0.2) is 48.9 Å². The van der Waals surface area contributed by atoms with E-state index in [-0.39, 0.29) is 0 Å². The van der Waals surface area contributed by atoms with Crippen LogP contribution in [0.25, 0.3) is 33.3 Å². The van der Waals surface area contributed by atoms with Crippen LogP contribution in [0.2, 0.25) is 0 Å². The molecule has 1 aliphatic heterocycles. The van der Waals surface area contributed by atoms with Crippen LogP contribution in [0, 0.1) is 13.8 Å². The molecule has 0 spiro atoms. The van der Waals surface area contributed by atoms with E-state index in [1.54, 1.807) is 0 Å². The Morgan fingerprint density at radius 2 is 1.96 bits per heavy atom. The van der Waals surface area contributed by atoms with Crippen molar-refractivity contribution < 1.29 is 4.74 Å². The average molecular weight is 355 g/mol. The van der Waals surface area contributed by atoms with Crippen LogP contribution in [0.5, 0.6) is 5.75 Å². The van der Waals surface area contributed by atoms with Crippen molar-refractivity contribution in [2.75, 3.05) is 6.61 Å². The minimum atomic E-state index is 0.816. The molecular formula is C23H21N3O. The van der Waals surface area contributed by atoms with E-state index in [1.165, 1.54) is 22.3 Å². The largest absolute Gasteiger partial charge is 0.493 e. The number of nitrogens with zero attached hydrogens (tertiary/aromatic N) is 2. The maximum atomic E-state index is 5.76. The molecule has 4 nitrogen and oxygen atoms in total. The molecule has 0 saturated carbocycles. The monoisotopic (exact) mass is 355 g/mol. The van der Waals surface area contributed by atoms with Gasteiger partial charge in [-0.1, -0.05) is 6.07 Å². The van der Waals surface area contributed by atoms with Crippen molar-refractivity contribution in [2.45, 2.75) is 26.7 Å². The Labute approximate surface area is 158 Å². The molecule has 0 saturated heterocycles. The molecule has 0 unspecified atom stereocenters.